The lowest BCUT2D eigenvalue weighted by Gasteiger charge is -2.27. The predicted molar refractivity (Wildman–Crippen MR) is 67.8 cm³/mol. The molecule has 0 rings (SSSR count). The van der Waals surface area contributed by atoms with Gasteiger partial charge in [-0.3, -0.25) is 14.5 Å². The van der Waals surface area contributed by atoms with Crippen molar-refractivity contribution < 1.29 is 19.2 Å². The molecule has 0 heterocycles. The maximum atomic E-state index is 11.8. The smallest absolute Gasteiger partial charge is 0.411 e. The molecular weight excluding hydrogens is 236 g/mol. The minimum absolute atomic E-state index is 0.120. The van der Waals surface area contributed by atoms with E-state index in [1.54, 1.807) is 20.8 Å². The topological polar surface area (TPSA) is 59.1 Å². The second kappa shape index (κ2) is 7.00. The summed E-state index contributed by atoms with van der Waals surface area (Å²) in [6.07, 6.45) is 0.976. The number of hydrogen-bond donors (Lipinski definition) is 0. The molecule has 6 heteroatoms. The summed E-state index contributed by atoms with van der Waals surface area (Å²) in [6.45, 7) is 8.95. The fraction of sp³-hybridized carbons (Fsp3) is 0.667. The summed E-state index contributed by atoms with van der Waals surface area (Å²) in [4.78, 5) is 29.5. The van der Waals surface area contributed by atoms with Crippen LogP contribution >= 0.6 is 0 Å². The molecule has 0 saturated heterocycles. The molecule has 0 aliphatic carbocycles. The second-order valence-electron chi connectivity index (χ2n) is 4.72. The van der Waals surface area contributed by atoms with Crippen LogP contribution in [0.15, 0.2) is 12.7 Å². The molecule has 0 bridgehead atoms. The largest absolute Gasteiger partial charge is 0.444 e. The minimum Gasteiger partial charge on any atom is -0.444 e. The van der Waals surface area contributed by atoms with Crippen molar-refractivity contribution >= 4 is 12.0 Å². The van der Waals surface area contributed by atoms with Crippen molar-refractivity contribution in [1.29, 1.82) is 0 Å². The van der Waals surface area contributed by atoms with E-state index >= 15 is 0 Å². The van der Waals surface area contributed by atoms with Gasteiger partial charge in [0.15, 0.2) is 0 Å². The molecule has 0 aromatic heterocycles. The summed E-state index contributed by atoms with van der Waals surface area (Å²) in [6, 6.07) is 0. The highest BCUT2D eigenvalue weighted by Gasteiger charge is 2.24. The van der Waals surface area contributed by atoms with E-state index in [0.717, 1.165) is 5.06 Å². The zero-order valence-electron chi connectivity index (χ0n) is 11.7. The molecule has 0 aliphatic heterocycles. The molecule has 0 aromatic carbocycles. The van der Waals surface area contributed by atoms with Gasteiger partial charge in [-0.05, 0) is 20.8 Å². The summed E-state index contributed by atoms with van der Waals surface area (Å²) < 4.78 is 5.19. The Kier molecular flexibility index (Phi) is 6.40. The first-order chi connectivity index (χ1) is 8.21. The first-order valence-corrected chi connectivity index (χ1v) is 5.60. The fourth-order valence-electron chi connectivity index (χ4n) is 1.05. The van der Waals surface area contributed by atoms with Crippen molar-refractivity contribution in [3.05, 3.63) is 12.7 Å². The second-order valence-corrected chi connectivity index (χ2v) is 4.72. The monoisotopic (exact) mass is 258 g/mol. The van der Waals surface area contributed by atoms with Crippen molar-refractivity contribution in [1.82, 2.24) is 9.96 Å². The molecule has 18 heavy (non-hydrogen) atoms. The number of carbonyl (C=O) groups is 2. The molecule has 0 fully saturated rings. The van der Waals surface area contributed by atoms with E-state index in [-0.39, 0.29) is 19.0 Å². The number of likely N-dealkylation sites (N-methyl/N-ethyl adjacent to an activating group) is 1. The Hall–Kier alpha value is -1.56. The maximum absolute atomic E-state index is 11.8. The van der Waals surface area contributed by atoms with Crippen LogP contribution in [0.2, 0.25) is 0 Å². The van der Waals surface area contributed by atoms with Crippen molar-refractivity contribution in [2.45, 2.75) is 26.4 Å². The minimum atomic E-state index is -0.604. The van der Waals surface area contributed by atoms with Gasteiger partial charge in [-0.1, -0.05) is 6.08 Å². The molecule has 0 saturated carbocycles. The zero-order chi connectivity index (χ0) is 14.3. The molecule has 0 unspecified atom stereocenters. The van der Waals surface area contributed by atoms with Crippen LogP contribution in [-0.2, 0) is 14.4 Å². The number of nitrogens with zero attached hydrogens (tertiary/aromatic N) is 2. The molecule has 0 radical (unpaired) electrons. The Morgan fingerprint density at radius 3 is 2.28 bits per heavy atom. The average molecular weight is 258 g/mol. The van der Waals surface area contributed by atoms with Crippen molar-refractivity contribution in [3.8, 4) is 0 Å². The lowest BCUT2D eigenvalue weighted by Crippen LogP contribution is -2.43. The van der Waals surface area contributed by atoms with Crippen LogP contribution in [0.5, 0.6) is 0 Å². The van der Waals surface area contributed by atoms with Crippen LogP contribution in [0.25, 0.3) is 0 Å². The summed E-state index contributed by atoms with van der Waals surface area (Å²) in [5, 5.41) is 1.06. The summed E-state index contributed by atoms with van der Waals surface area (Å²) in [7, 11) is 2.85. The molecule has 0 aromatic rings. The number of amides is 2. The third kappa shape index (κ3) is 6.24. The molecule has 0 N–H and O–H groups in total. The van der Waals surface area contributed by atoms with E-state index in [4.69, 9.17) is 9.57 Å². The lowest BCUT2D eigenvalue weighted by atomic mass is 10.2. The summed E-state index contributed by atoms with van der Waals surface area (Å²) >= 11 is 0. The fourth-order valence-corrected chi connectivity index (χ4v) is 1.05. The summed E-state index contributed by atoms with van der Waals surface area (Å²) in [5.74, 6) is -0.342. The molecule has 0 aliphatic rings. The van der Waals surface area contributed by atoms with Crippen molar-refractivity contribution in [2.75, 3.05) is 27.2 Å². The van der Waals surface area contributed by atoms with Gasteiger partial charge in [0.05, 0.1) is 7.11 Å². The van der Waals surface area contributed by atoms with E-state index in [9.17, 15) is 9.59 Å². The van der Waals surface area contributed by atoms with E-state index in [1.807, 2.05) is 0 Å². The van der Waals surface area contributed by atoms with E-state index in [2.05, 4.69) is 6.58 Å². The third-order valence-corrected chi connectivity index (χ3v) is 1.95. The van der Waals surface area contributed by atoms with Crippen LogP contribution in [0.4, 0.5) is 4.79 Å². The van der Waals surface area contributed by atoms with Crippen molar-refractivity contribution in [2.24, 2.45) is 0 Å². The van der Waals surface area contributed by atoms with Crippen molar-refractivity contribution in [3.63, 3.8) is 0 Å². The molecule has 0 spiro atoms. The molecular formula is C12H22N2O4. The number of hydrogen-bond acceptors (Lipinski definition) is 4. The van der Waals surface area contributed by atoms with Gasteiger partial charge in [0.2, 0.25) is 0 Å². The van der Waals surface area contributed by atoms with Crippen LogP contribution in [0, 0.1) is 0 Å². The first-order valence-electron chi connectivity index (χ1n) is 5.60. The number of hydroxylamine groups is 2. The first kappa shape index (κ1) is 16.4. The highest BCUT2D eigenvalue weighted by Crippen LogP contribution is 2.10. The van der Waals surface area contributed by atoms with Crippen LogP contribution in [-0.4, -0.2) is 54.8 Å². The quantitative estimate of drug-likeness (QED) is 0.553. The van der Waals surface area contributed by atoms with E-state index in [1.165, 1.54) is 25.1 Å². The van der Waals surface area contributed by atoms with Gasteiger partial charge in [0.25, 0.3) is 5.91 Å². The average Bonchev–Trinajstić information content (AvgIpc) is 2.24. The number of ether oxygens (including phenoxy) is 1. The van der Waals surface area contributed by atoms with Crippen LogP contribution in [0.3, 0.4) is 0 Å². The molecule has 104 valence electrons. The molecule has 6 nitrogen and oxygen atoms in total. The Morgan fingerprint density at radius 2 is 1.89 bits per heavy atom. The highest BCUT2D eigenvalue weighted by molar-refractivity contribution is 5.81. The SMILES string of the molecule is C=CCN(CC(=O)N(C)OC)C(=O)OC(C)(C)C. The Labute approximate surface area is 108 Å². The normalized spacial score (nSPS) is 10.7. The lowest BCUT2D eigenvalue weighted by molar-refractivity contribution is -0.169. The number of rotatable bonds is 5. The Morgan fingerprint density at radius 1 is 1.33 bits per heavy atom. The number of carbonyl (C=O) groups excluding carboxylic acids is 2. The van der Waals surface area contributed by atoms with E-state index < -0.39 is 11.7 Å². The van der Waals surface area contributed by atoms with Crippen LogP contribution in [0.1, 0.15) is 20.8 Å². The van der Waals surface area contributed by atoms with Gasteiger partial charge in [-0.25, -0.2) is 9.86 Å². The van der Waals surface area contributed by atoms with Gasteiger partial charge in [-0.15, -0.1) is 6.58 Å². The van der Waals surface area contributed by atoms with Gasteiger partial charge < -0.3 is 4.74 Å². The van der Waals surface area contributed by atoms with Gasteiger partial charge in [0, 0.05) is 13.6 Å². The Bertz CT molecular complexity index is 310. The highest BCUT2D eigenvalue weighted by atomic mass is 16.7. The van der Waals surface area contributed by atoms with Gasteiger partial charge in [-0.2, -0.15) is 0 Å². The predicted octanol–water partition coefficient (Wildman–Crippen LogP) is 1.43. The standard InChI is InChI=1S/C12H22N2O4/c1-7-8-14(9-10(15)13(5)17-6)11(16)18-12(2,3)4/h7H,1,8-9H2,2-6H3. The third-order valence-electron chi connectivity index (χ3n) is 1.95. The van der Waals surface area contributed by atoms with Gasteiger partial charge in [0.1, 0.15) is 12.1 Å². The van der Waals surface area contributed by atoms with Crippen LogP contribution < -0.4 is 0 Å². The van der Waals surface area contributed by atoms with E-state index in [0.29, 0.717) is 0 Å². The summed E-state index contributed by atoms with van der Waals surface area (Å²) in [5.41, 5.74) is -0.604. The Balaban J connectivity index is 4.61. The molecule has 0 atom stereocenters. The maximum Gasteiger partial charge on any atom is 0.411 e. The zero-order valence-corrected chi connectivity index (χ0v) is 11.7. The van der Waals surface area contributed by atoms with Gasteiger partial charge >= 0.3 is 6.09 Å². The molecule has 2 amide bonds.